The van der Waals surface area contributed by atoms with Crippen LogP contribution in [0.4, 0.5) is 0 Å². The van der Waals surface area contributed by atoms with Gasteiger partial charge in [-0.15, -0.1) is 11.3 Å². The van der Waals surface area contributed by atoms with E-state index in [4.69, 9.17) is 9.47 Å². The first-order chi connectivity index (χ1) is 14.0. The molecule has 154 valence electrons. The smallest absolute Gasteiger partial charge is 0.254 e. The summed E-state index contributed by atoms with van der Waals surface area (Å²) in [6.07, 6.45) is 4.66. The maximum absolute atomic E-state index is 12.9. The summed E-state index contributed by atoms with van der Waals surface area (Å²) >= 11 is 1.64. The maximum atomic E-state index is 12.9. The topological polar surface area (TPSA) is 52.5 Å². The van der Waals surface area contributed by atoms with Crippen molar-refractivity contribution in [3.8, 4) is 16.5 Å². The van der Waals surface area contributed by atoms with Crippen molar-refractivity contribution in [2.24, 2.45) is 0 Å². The van der Waals surface area contributed by atoms with Crippen LogP contribution in [0.15, 0.2) is 42.7 Å². The molecule has 0 bridgehead atoms. The Morgan fingerprint density at radius 3 is 2.45 bits per heavy atom. The fourth-order valence-electron chi connectivity index (χ4n) is 3.19. The molecule has 0 atom stereocenters. The normalized spacial score (nSPS) is 10.8. The summed E-state index contributed by atoms with van der Waals surface area (Å²) < 4.78 is 13.3. The van der Waals surface area contributed by atoms with E-state index in [1.54, 1.807) is 11.3 Å². The number of nitrogens with zero attached hydrogens (tertiary/aromatic N) is 1. The number of aryl methyl sites for hydroxylation is 1. The second-order valence-corrected chi connectivity index (χ2v) is 7.91. The molecule has 0 aliphatic heterocycles. The Kier molecular flexibility index (Phi) is 6.99. The van der Waals surface area contributed by atoms with Gasteiger partial charge in [0.25, 0.3) is 5.91 Å². The predicted molar refractivity (Wildman–Crippen MR) is 118 cm³/mol. The Bertz CT molecular complexity index is 961. The van der Waals surface area contributed by atoms with Crippen molar-refractivity contribution < 1.29 is 14.3 Å². The average Bonchev–Trinajstić information content (AvgIpc) is 3.33. The fourth-order valence-corrected chi connectivity index (χ4v) is 4.31. The van der Waals surface area contributed by atoms with Crippen LogP contribution < -0.4 is 14.8 Å². The van der Waals surface area contributed by atoms with Gasteiger partial charge in [0.05, 0.1) is 18.8 Å². The molecule has 0 saturated heterocycles. The number of aromatic nitrogens is 1. The van der Waals surface area contributed by atoms with Crippen LogP contribution in [0.2, 0.25) is 0 Å². The van der Waals surface area contributed by atoms with Crippen molar-refractivity contribution in [2.75, 3.05) is 19.8 Å². The van der Waals surface area contributed by atoms with Gasteiger partial charge in [0.2, 0.25) is 0 Å². The minimum atomic E-state index is -0.0356. The van der Waals surface area contributed by atoms with Gasteiger partial charge in [0.15, 0.2) is 11.5 Å². The Labute approximate surface area is 176 Å². The molecule has 1 amide bonds. The van der Waals surface area contributed by atoms with Crippen LogP contribution in [-0.2, 0) is 6.42 Å². The van der Waals surface area contributed by atoms with Crippen LogP contribution in [0.1, 0.15) is 40.2 Å². The molecule has 0 unspecified atom stereocenters. The zero-order chi connectivity index (χ0) is 20.8. The van der Waals surface area contributed by atoms with Crippen LogP contribution in [0.25, 0.3) is 5.00 Å². The molecule has 2 heterocycles. The molecular formula is C23H28N2O3S. The molecule has 6 heteroatoms. The predicted octanol–water partition coefficient (Wildman–Crippen LogP) is 4.93. The molecule has 0 radical (unpaired) electrons. The average molecular weight is 413 g/mol. The van der Waals surface area contributed by atoms with E-state index in [-0.39, 0.29) is 5.91 Å². The number of ether oxygens (including phenoxy) is 2. The number of thiophene rings is 1. The molecule has 1 N–H and O–H groups in total. The molecule has 29 heavy (non-hydrogen) atoms. The molecule has 0 aliphatic carbocycles. The minimum absolute atomic E-state index is 0.0356. The largest absolute Gasteiger partial charge is 0.490 e. The van der Waals surface area contributed by atoms with Gasteiger partial charge in [-0.25, -0.2) is 0 Å². The molecule has 0 spiro atoms. The lowest BCUT2D eigenvalue weighted by Crippen LogP contribution is -2.26. The van der Waals surface area contributed by atoms with E-state index < -0.39 is 0 Å². The van der Waals surface area contributed by atoms with Gasteiger partial charge in [-0.05, 0) is 69.5 Å². The van der Waals surface area contributed by atoms with E-state index in [2.05, 4.69) is 12.2 Å². The maximum Gasteiger partial charge on any atom is 0.254 e. The third-order valence-electron chi connectivity index (χ3n) is 4.74. The van der Waals surface area contributed by atoms with Gasteiger partial charge >= 0.3 is 0 Å². The molecule has 0 saturated carbocycles. The first-order valence-electron chi connectivity index (χ1n) is 9.95. The highest BCUT2D eigenvalue weighted by atomic mass is 32.1. The zero-order valence-electron chi connectivity index (χ0n) is 17.5. The zero-order valence-corrected chi connectivity index (χ0v) is 18.3. The van der Waals surface area contributed by atoms with Crippen LogP contribution >= 0.6 is 11.3 Å². The molecule has 0 aliphatic rings. The highest BCUT2D eigenvalue weighted by Crippen LogP contribution is 2.31. The highest BCUT2D eigenvalue weighted by Gasteiger charge is 2.20. The monoisotopic (exact) mass is 412 g/mol. The summed E-state index contributed by atoms with van der Waals surface area (Å²) in [6, 6.07) is 9.88. The number of amides is 1. The van der Waals surface area contributed by atoms with Crippen LogP contribution in [-0.4, -0.2) is 30.2 Å². The Hall–Kier alpha value is -2.73. The van der Waals surface area contributed by atoms with Crippen molar-refractivity contribution in [3.05, 3.63) is 64.3 Å². The first kappa shape index (κ1) is 21.0. The Balaban J connectivity index is 1.69. The third-order valence-corrected chi connectivity index (χ3v) is 5.96. The van der Waals surface area contributed by atoms with E-state index in [1.807, 2.05) is 68.1 Å². The second kappa shape index (κ2) is 9.65. The van der Waals surface area contributed by atoms with E-state index >= 15 is 0 Å². The number of hydrogen-bond donors (Lipinski definition) is 1. The number of carbonyl (C=O) groups is 1. The van der Waals surface area contributed by atoms with Gasteiger partial charge in [0, 0.05) is 23.8 Å². The summed E-state index contributed by atoms with van der Waals surface area (Å²) in [4.78, 5) is 14.1. The number of carbonyl (C=O) groups excluding carboxylic acids is 1. The Morgan fingerprint density at radius 1 is 1.07 bits per heavy atom. The standard InChI is InChI=1S/C23H28N2O3S/c1-5-27-19-10-9-18(15-20(19)28-6-2)11-12-24-22(26)21-16(3)17(4)29-23(21)25-13-7-8-14-25/h7-10,13-15H,5-6,11-12H2,1-4H3,(H,24,26). The van der Waals surface area contributed by atoms with Gasteiger partial charge in [-0.2, -0.15) is 0 Å². The molecule has 0 fully saturated rings. The van der Waals surface area contributed by atoms with Crippen molar-refractivity contribution in [1.82, 2.24) is 9.88 Å². The Morgan fingerprint density at radius 2 is 1.76 bits per heavy atom. The number of rotatable bonds is 9. The van der Waals surface area contributed by atoms with Crippen molar-refractivity contribution in [1.29, 1.82) is 0 Å². The van der Waals surface area contributed by atoms with Gasteiger partial charge in [0.1, 0.15) is 5.00 Å². The van der Waals surface area contributed by atoms with Crippen LogP contribution in [0, 0.1) is 13.8 Å². The van der Waals surface area contributed by atoms with E-state index in [0.717, 1.165) is 44.5 Å². The lowest BCUT2D eigenvalue weighted by Gasteiger charge is -2.13. The summed E-state index contributed by atoms with van der Waals surface area (Å²) in [6.45, 7) is 9.70. The minimum Gasteiger partial charge on any atom is -0.490 e. The highest BCUT2D eigenvalue weighted by molar-refractivity contribution is 7.15. The number of hydrogen-bond acceptors (Lipinski definition) is 4. The third kappa shape index (κ3) is 4.82. The summed E-state index contributed by atoms with van der Waals surface area (Å²) in [5, 5.41) is 4.04. The molecule has 5 nitrogen and oxygen atoms in total. The van der Waals surface area contributed by atoms with Gasteiger partial charge in [-0.1, -0.05) is 6.07 Å². The summed E-state index contributed by atoms with van der Waals surface area (Å²) in [5.41, 5.74) is 2.89. The molecule has 3 rings (SSSR count). The van der Waals surface area contributed by atoms with Gasteiger partial charge in [-0.3, -0.25) is 4.79 Å². The molecule has 2 aromatic heterocycles. The molecule has 1 aromatic carbocycles. The number of benzene rings is 1. The van der Waals surface area contributed by atoms with Crippen LogP contribution in [0.3, 0.4) is 0 Å². The van der Waals surface area contributed by atoms with E-state index in [1.165, 1.54) is 0 Å². The fraction of sp³-hybridized carbons (Fsp3) is 0.348. The summed E-state index contributed by atoms with van der Waals surface area (Å²) in [5.74, 6) is 1.46. The lowest BCUT2D eigenvalue weighted by molar-refractivity contribution is 0.0954. The van der Waals surface area contributed by atoms with E-state index in [9.17, 15) is 4.79 Å². The van der Waals surface area contributed by atoms with Crippen molar-refractivity contribution >= 4 is 17.2 Å². The first-order valence-corrected chi connectivity index (χ1v) is 10.8. The van der Waals surface area contributed by atoms with Crippen molar-refractivity contribution in [2.45, 2.75) is 34.1 Å². The van der Waals surface area contributed by atoms with E-state index in [0.29, 0.717) is 19.8 Å². The summed E-state index contributed by atoms with van der Waals surface area (Å²) in [7, 11) is 0. The molecule has 3 aromatic rings. The van der Waals surface area contributed by atoms with Gasteiger partial charge < -0.3 is 19.4 Å². The lowest BCUT2D eigenvalue weighted by atomic mass is 10.1. The number of nitrogens with one attached hydrogen (secondary N) is 1. The quantitative estimate of drug-likeness (QED) is 0.542. The van der Waals surface area contributed by atoms with Crippen molar-refractivity contribution in [3.63, 3.8) is 0 Å². The SMILES string of the molecule is CCOc1ccc(CCNC(=O)c2c(-n3cccc3)sc(C)c2C)cc1OCC. The van der Waals surface area contributed by atoms with Crippen LogP contribution in [0.5, 0.6) is 11.5 Å². The second-order valence-electron chi connectivity index (χ2n) is 6.71. The molecular weight excluding hydrogens is 384 g/mol.